The van der Waals surface area contributed by atoms with Crippen molar-refractivity contribution in [1.82, 2.24) is 4.57 Å². The van der Waals surface area contributed by atoms with Gasteiger partial charge in [0.25, 0.3) is 11.6 Å². The average molecular weight is 476 g/mol. The minimum atomic E-state index is -0.472. The van der Waals surface area contributed by atoms with E-state index in [9.17, 15) is 14.9 Å². The van der Waals surface area contributed by atoms with Crippen LogP contribution in [0.15, 0.2) is 58.0 Å². The number of hydrogen-bond acceptors (Lipinski definition) is 5. The quantitative estimate of drug-likeness (QED) is 0.217. The maximum absolute atomic E-state index is 12.4. The van der Waals surface area contributed by atoms with Gasteiger partial charge in [0.05, 0.1) is 21.7 Å². The lowest BCUT2D eigenvalue weighted by Gasteiger charge is -2.05. The molecule has 0 aliphatic heterocycles. The highest BCUT2D eigenvalue weighted by atomic mass is 79.9. The van der Waals surface area contributed by atoms with Crippen LogP contribution in [0.1, 0.15) is 12.5 Å². The van der Waals surface area contributed by atoms with E-state index in [1.54, 1.807) is 12.1 Å². The van der Waals surface area contributed by atoms with Gasteiger partial charge in [0.1, 0.15) is 0 Å². The first kappa shape index (κ1) is 21.1. The smallest absolute Gasteiger partial charge is 0.272 e. The summed E-state index contributed by atoms with van der Waals surface area (Å²) in [6, 6.07) is 12.0. The van der Waals surface area contributed by atoms with Gasteiger partial charge in [0, 0.05) is 35.8 Å². The molecular formula is C20H18BrN3O4S. The largest absolute Gasteiger partial charge is 0.380 e. The number of aromatic nitrogens is 1. The molecule has 2 aromatic carbocycles. The monoisotopic (exact) mass is 475 g/mol. The lowest BCUT2D eigenvalue weighted by molar-refractivity contribution is -0.384. The topological polar surface area (TPSA) is 86.7 Å². The Bertz CT molecular complexity index is 1150. The Morgan fingerprint density at radius 1 is 1.34 bits per heavy atom. The second kappa shape index (κ2) is 9.73. The van der Waals surface area contributed by atoms with E-state index < -0.39 is 10.8 Å². The number of nitro groups is 1. The molecule has 1 amide bonds. The molecule has 0 radical (unpaired) electrons. The number of thiazole rings is 1. The summed E-state index contributed by atoms with van der Waals surface area (Å²) in [5.74, 6) is -0.438. The molecule has 0 bridgehead atoms. The zero-order chi connectivity index (χ0) is 20.8. The van der Waals surface area contributed by atoms with Gasteiger partial charge in [0.15, 0.2) is 4.80 Å². The predicted molar refractivity (Wildman–Crippen MR) is 117 cm³/mol. The van der Waals surface area contributed by atoms with Crippen LogP contribution in [-0.4, -0.2) is 28.6 Å². The molecule has 150 valence electrons. The number of carbonyl (C=O) groups is 1. The number of nitrogens with zero attached hydrogens (tertiary/aromatic N) is 3. The molecule has 0 aliphatic rings. The van der Waals surface area contributed by atoms with Crippen LogP contribution in [0, 0.1) is 10.1 Å². The molecule has 0 saturated heterocycles. The molecule has 9 heteroatoms. The van der Waals surface area contributed by atoms with Crippen molar-refractivity contribution in [3.63, 3.8) is 0 Å². The maximum atomic E-state index is 12.4. The maximum Gasteiger partial charge on any atom is 0.272 e. The highest BCUT2D eigenvalue weighted by Crippen LogP contribution is 2.22. The molecule has 0 spiro atoms. The van der Waals surface area contributed by atoms with Gasteiger partial charge in [-0.1, -0.05) is 39.4 Å². The first-order valence-electron chi connectivity index (χ1n) is 8.86. The van der Waals surface area contributed by atoms with Gasteiger partial charge in [0.2, 0.25) is 0 Å². The average Bonchev–Trinajstić information content (AvgIpc) is 3.03. The lowest BCUT2D eigenvalue weighted by atomic mass is 10.2. The minimum absolute atomic E-state index is 0.0274. The van der Waals surface area contributed by atoms with E-state index in [-0.39, 0.29) is 5.69 Å². The zero-order valence-corrected chi connectivity index (χ0v) is 18.0. The molecule has 7 nitrogen and oxygen atoms in total. The van der Waals surface area contributed by atoms with Gasteiger partial charge in [-0.05, 0) is 36.8 Å². The summed E-state index contributed by atoms with van der Waals surface area (Å²) in [5.41, 5.74) is 1.51. The summed E-state index contributed by atoms with van der Waals surface area (Å²) in [7, 11) is 0. The fourth-order valence-corrected chi connectivity index (χ4v) is 4.30. The molecule has 1 aromatic heterocycles. The van der Waals surface area contributed by atoms with Crippen LogP contribution in [0.25, 0.3) is 16.3 Å². The van der Waals surface area contributed by atoms with Crippen LogP contribution < -0.4 is 4.80 Å². The van der Waals surface area contributed by atoms with Crippen LogP contribution in [-0.2, 0) is 16.1 Å². The van der Waals surface area contributed by atoms with E-state index >= 15 is 0 Å². The number of nitro benzene ring substituents is 1. The highest BCUT2D eigenvalue weighted by Gasteiger charge is 2.08. The van der Waals surface area contributed by atoms with E-state index in [0.29, 0.717) is 30.1 Å². The number of benzene rings is 2. The second-order valence-electron chi connectivity index (χ2n) is 5.98. The van der Waals surface area contributed by atoms with Crippen molar-refractivity contribution < 1.29 is 14.5 Å². The Labute approximate surface area is 179 Å². The fourth-order valence-electron chi connectivity index (χ4n) is 2.69. The normalized spacial score (nSPS) is 12.1. The molecule has 1 heterocycles. The molecule has 29 heavy (non-hydrogen) atoms. The van der Waals surface area contributed by atoms with Crippen LogP contribution in [0.2, 0.25) is 0 Å². The molecule has 0 N–H and O–H groups in total. The molecule has 0 fully saturated rings. The predicted octanol–water partition coefficient (Wildman–Crippen LogP) is 4.55. The van der Waals surface area contributed by atoms with Gasteiger partial charge in [-0.15, -0.1) is 0 Å². The molecular weight excluding hydrogens is 458 g/mol. The molecule has 0 atom stereocenters. The number of rotatable bonds is 7. The van der Waals surface area contributed by atoms with Gasteiger partial charge in [-0.2, -0.15) is 4.99 Å². The van der Waals surface area contributed by atoms with Gasteiger partial charge in [-0.3, -0.25) is 14.9 Å². The Hall–Kier alpha value is -2.62. The first-order valence-corrected chi connectivity index (χ1v) is 10.5. The third kappa shape index (κ3) is 5.47. The van der Waals surface area contributed by atoms with Crippen LogP contribution in [0.5, 0.6) is 0 Å². The van der Waals surface area contributed by atoms with E-state index in [1.165, 1.54) is 35.6 Å². The molecule has 3 rings (SSSR count). The Kier molecular flexibility index (Phi) is 7.08. The number of ether oxygens (including phenoxy) is 1. The van der Waals surface area contributed by atoms with E-state index in [1.807, 2.05) is 29.7 Å². The van der Waals surface area contributed by atoms with Crippen LogP contribution in [0.4, 0.5) is 5.69 Å². The van der Waals surface area contributed by atoms with Crippen molar-refractivity contribution in [2.24, 2.45) is 4.99 Å². The Morgan fingerprint density at radius 2 is 2.17 bits per heavy atom. The van der Waals surface area contributed by atoms with E-state index in [2.05, 4.69) is 20.9 Å². The minimum Gasteiger partial charge on any atom is -0.380 e. The van der Waals surface area contributed by atoms with E-state index in [0.717, 1.165) is 14.7 Å². The summed E-state index contributed by atoms with van der Waals surface area (Å²) in [6.45, 7) is 3.64. The summed E-state index contributed by atoms with van der Waals surface area (Å²) >= 11 is 4.88. The van der Waals surface area contributed by atoms with Crippen molar-refractivity contribution in [3.8, 4) is 0 Å². The van der Waals surface area contributed by atoms with Crippen LogP contribution in [0.3, 0.4) is 0 Å². The van der Waals surface area contributed by atoms with Crippen molar-refractivity contribution >= 4 is 55.2 Å². The summed E-state index contributed by atoms with van der Waals surface area (Å²) in [5, 5.41) is 10.9. The second-order valence-corrected chi connectivity index (χ2v) is 7.91. The number of amides is 1. The van der Waals surface area contributed by atoms with Crippen molar-refractivity contribution in [2.75, 3.05) is 13.2 Å². The molecule has 0 unspecified atom stereocenters. The van der Waals surface area contributed by atoms with Gasteiger partial charge >= 0.3 is 0 Å². The number of non-ortho nitro benzene ring substituents is 1. The summed E-state index contributed by atoms with van der Waals surface area (Å²) in [4.78, 5) is 27.6. The van der Waals surface area contributed by atoms with Crippen molar-refractivity contribution in [2.45, 2.75) is 13.5 Å². The fraction of sp³-hybridized carbons (Fsp3) is 0.200. The van der Waals surface area contributed by atoms with Crippen molar-refractivity contribution in [3.05, 3.63) is 73.5 Å². The molecule has 0 saturated carbocycles. The summed E-state index contributed by atoms with van der Waals surface area (Å²) in [6.07, 6.45) is 2.83. The SMILES string of the molecule is CCOCCn1c(=NC(=O)C=Cc2cccc([N+](=O)[O-])c2)sc2cc(Br)ccc21. The van der Waals surface area contributed by atoms with E-state index in [4.69, 9.17) is 4.74 Å². The van der Waals surface area contributed by atoms with Crippen LogP contribution >= 0.6 is 27.3 Å². The standard InChI is InChI=1S/C20H18BrN3O4S/c1-2-28-11-10-23-17-8-7-15(21)13-18(17)29-20(23)22-19(25)9-6-14-4-3-5-16(12-14)24(26)27/h3-9,12-13H,2,10-11H2,1H3. The zero-order valence-electron chi connectivity index (χ0n) is 15.6. The number of carbonyl (C=O) groups excluding carboxylic acids is 1. The number of fused-ring (bicyclic) bond motifs is 1. The lowest BCUT2D eigenvalue weighted by Crippen LogP contribution is -2.19. The third-order valence-corrected chi connectivity index (χ3v) is 5.55. The highest BCUT2D eigenvalue weighted by molar-refractivity contribution is 9.10. The molecule has 3 aromatic rings. The Morgan fingerprint density at radius 3 is 2.93 bits per heavy atom. The summed E-state index contributed by atoms with van der Waals surface area (Å²) < 4.78 is 9.37. The van der Waals surface area contributed by atoms with Gasteiger partial charge < -0.3 is 9.30 Å². The number of halogens is 1. The Balaban J connectivity index is 1.91. The number of hydrogen-bond donors (Lipinski definition) is 0. The van der Waals surface area contributed by atoms with Crippen molar-refractivity contribution in [1.29, 1.82) is 0 Å². The molecule has 0 aliphatic carbocycles. The first-order chi connectivity index (χ1) is 14.0. The third-order valence-electron chi connectivity index (χ3n) is 4.01. The van der Waals surface area contributed by atoms with Gasteiger partial charge in [-0.25, -0.2) is 0 Å².